The van der Waals surface area contributed by atoms with Gasteiger partial charge in [0.15, 0.2) is 0 Å². The van der Waals surface area contributed by atoms with Gasteiger partial charge < -0.3 is 0 Å². The van der Waals surface area contributed by atoms with E-state index in [-0.39, 0.29) is 0 Å². The maximum atomic E-state index is 2.40. The molecule has 0 aliphatic heterocycles. The van der Waals surface area contributed by atoms with Crippen molar-refractivity contribution in [2.45, 2.75) is 126 Å². The molecule has 0 amide bonds. The summed E-state index contributed by atoms with van der Waals surface area (Å²) in [4.78, 5) is 0. The second kappa shape index (κ2) is 19.0. The second-order valence-electron chi connectivity index (χ2n) is 7.07. The summed E-state index contributed by atoms with van der Waals surface area (Å²) in [7, 11) is 0. The Morgan fingerprint density at radius 1 is 0.727 bits per heavy atom. The summed E-state index contributed by atoms with van der Waals surface area (Å²) in [6.45, 7) is 15.2. The Balaban J connectivity index is 0. The smallest absolute Gasteiger partial charge is 0.0383 e. The first kappa shape index (κ1) is 24.3. The van der Waals surface area contributed by atoms with Crippen molar-refractivity contribution in [1.29, 1.82) is 0 Å². The van der Waals surface area contributed by atoms with Crippen LogP contribution in [-0.2, 0) is 0 Å². The van der Waals surface area contributed by atoms with Crippen LogP contribution in [0.2, 0.25) is 0 Å². The molecule has 0 nitrogen and oxygen atoms in total. The zero-order chi connectivity index (χ0) is 17.2. The molecule has 0 heterocycles. The third-order valence-electron chi connectivity index (χ3n) is 4.80. The monoisotopic (exact) mass is 312 g/mol. The van der Waals surface area contributed by atoms with Gasteiger partial charge >= 0.3 is 0 Å². The van der Waals surface area contributed by atoms with Crippen LogP contribution in [0.4, 0.5) is 0 Å². The Morgan fingerprint density at radius 2 is 1.09 bits per heavy atom. The molecule has 0 N–H and O–H groups in total. The van der Waals surface area contributed by atoms with Gasteiger partial charge in [-0.3, -0.25) is 0 Å². The maximum absolute atomic E-state index is 2.40. The first-order valence-corrected chi connectivity index (χ1v) is 10.7. The van der Waals surface area contributed by atoms with Crippen molar-refractivity contribution in [3.63, 3.8) is 0 Å². The van der Waals surface area contributed by atoms with Crippen molar-refractivity contribution < 1.29 is 0 Å². The number of hydrogen-bond donors (Lipinski definition) is 0. The molecule has 0 bridgehead atoms. The summed E-state index contributed by atoms with van der Waals surface area (Å²) in [5.41, 5.74) is 0. The van der Waals surface area contributed by atoms with E-state index in [9.17, 15) is 0 Å². The van der Waals surface area contributed by atoms with Crippen LogP contribution in [0.25, 0.3) is 0 Å². The van der Waals surface area contributed by atoms with Crippen molar-refractivity contribution in [3.8, 4) is 0 Å². The van der Waals surface area contributed by atoms with Gasteiger partial charge in [0, 0.05) is 0 Å². The van der Waals surface area contributed by atoms with Crippen molar-refractivity contribution in [2.24, 2.45) is 17.8 Å². The fraction of sp³-hybridized carbons (Fsp3) is 1.00. The van der Waals surface area contributed by atoms with E-state index in [1.165, 1.54) is 57.8 Å². The van der Waals surface area contributed by atoms with Crippen molar-refractivity contribution in [1.82, 2.24) is 0 Å². The Bertz CT molecular complexity index is 168. The Hall–Kier alpha value is 0. The average Bonchev–Trinajstić information content (AvgIpc) is 3.01. The number of hydrogen-bond acceptors (Lipinski definition) is 0. The summed E-state index contributed by atoms with van der Waals surface area (Å²) in [6.07, 6.45) is 17.4. The molecule has 0 aromatic rings. The molecule has 0 saturated heterocycles. The van der Waals surface area contributed by atoms with Gasteiger partial charge in [0.2, 0.25) is 0 Å². The maximum Gasteiger partial charge on any atom is -0.0383 e. The molecule has 136 valence electrons. The molecule has 0 aromatic heterocycles. The van der Waals surface area contributed by atoms with Crippen LogP contribution in [0.3, 0.4) is 0 Å². The molecule has 0 radical (unpaired) electrons. The number of unbranched alkanes of at least 4 members (excludes halogenated alkanes) is 4. The lowest BCUT2D eigenvalue weighted by atomic mass is 10.0. The van der Waals surface area contributed by atoms with Gasteiger partial charge in [0.05, 0.1) is 0 Å². The zero-order valence-corrected chi connectivity index (χ0v) is 17.2. The Kier molecular flexibility index (Phi) is 21.0. The van der Waals surface area contributed by atoms with Crippen molar-refractivity contribution >= 4 is 0 Å². The molecular formula is C22H48. The van der Waals surface area contributed by atoms with E-state index in [1.807, 2.05) is 13.8 Å². The highest BCUT2D eigenvalue weighted by molar-refractivity contribution is 4.85. The molecule has 2 aliphatic carbocycles. The molecule has 2 unspecified atom stereocenters. The minimum Gasteiger partial charge on any atom is -0.0683 e. The second-order valence-corrected chi connectivity index (χ2v) is 7.07. The van der Waals surface area contributed by atoms with Crippen molar-refractivity contribution in [3.05, 3.63) is 0 Å². The van der Waals surface area contributed by atoms with E-state index in [0.717, 1.165) is 17.8 Å². The van der Waals surface area contributed by atoms with Gasteiger partial charge in [-0.1, -0.05) is 113 Å². The van der Waals surface area contributed by atoms with E-state index in [4.69, 9.17) is 0 Å². The summed E-state index contributed by atoms with van der Waals surface area (Å²) in [5, 5.41) is 0. The predicted octanol–water partition coefficient (Wildman–Crippen LogP) is 8.64. The summed E-state index contributed by atoms with van der Waals surface area (Å²) in [5.74, 6) is 3.36. The minimum absolute atomic E-state index is 1.08. The zero-order valence-electron chi connectivity index (χ0n) is 17.2. The summed E-state index contributed by atoms with van der Waals surface area (Å²) >= 11 is 0. The lowest BCUT2D eigenvalue weighted by Crippen LogP contribution is -1.94. The van der Waals surface area contributed by atoms with Crippen LogP contribution in [0.5, 0.6) is 0 Å². The van der Waals surface area contributed by atoms with Crippen LogP contribution < -0.4 is 0 Å². The lowest BCUT2D eigenvalue weighted by Gasteiger charge is -2.05. The van der Waals surface area contributed by atoms with E-state index >= 15 is 0 Å². The fourth-order valence-corrected chi connectivity index (χ4v) is 3.11. The first-order chi connectivity index (χ1) is 10.7. The van der Waals surface area contributed by atoms with Gasteiger partial charge in [-0.05, 0) is 30.6 Å². The third kappa shape index (κ3) is 16.4. The molecule has 2 rings (SSSR count). The van der Waals surface area contributed by atoms with Gasteiger partial charge in [0.25, 0.3) is 0 Å². The third-order valence-corrected chi connectivity index (χ3v) is 4.80. The summed E-state index contributed by atoms with van der Waals surface area (Å²) < 4.78 is 0. The van der Waals surface area contributed by atoms with Gasteiger partial charge in [-0.25, -0.2) is 0 Å². The Morgan fingerprint density at radius 3 is 1.32 bits per heavy atom. The molecule has 2 aliphatic rings. The molecule has 22 heavy (non-hydrogen) atoms. The van der Waals surface area contributed by atoms with E-state index in [1.54, 1.807) is 19.3 Å². The van der Waals surface area contributed by atoms with Gasteiger partial charge in [0.1, 0.15) is 0 Å². The average molecular weight is 313 g/mol. The highest BCUT2D eigenvalue weighted by Gasteiger charge is 2.34. The van der Waals surface area contributed by atoms with E-state index < -0.39 is 0 Å². The normalized spacial score (nSPS) is 22.5. The molecule has 0 aromatic carbocycles. The quantitative estimate of drug-likeness (QED) is 0.460. The predicted molar refractivity (Wildman–Crippen MR) is 106 cm³/mol. The van der Waals surface area contributed by atoms with Crippen LogP contribution in [0.15, 0.2) is 0 Å². The first-order valence-electron chi connectivity index (χ1n) is 10.7. The van der Waals surface area contributed by atoms with Crippen LogP contribution in [0, 0.1) is 17.8 Å². The topological polar surface area (TPSA) is 0 Å². The van der Waals surface area contributed by atoms with E-state index in [2.05, 4.69) is 34.6 Å². The SMILES string of the molecule is CC.CC1CC1CC1CCCC1.CCCCC.CCCCC. The largest absolute Gasteiger partial charge is 0.0683 e. The lowest BCUT2D eigenvalue weighted by molar-refractivity contribution is 0.458. The van der Waals surface area contributed by atoms with Gasteiger partial charge in [-0.15, -0.1) is 0 Å². The molecule has 2 saturated carbocycles. The van der Waals surface area contributed by atoms with Crippen LogP contribution >= 0.6 is 0 Å². The Labute approximate surface area is 143 Å². The molecule has 2 fully saturated rings. The van der Waals surface area contributed by atoms with Crippen LogP contribution in [0.1, 0.15) is 126 Å². The molecule has 0 spiro atoms. The van der Waals surface area contributed by atoms with Gasteiger partial charge in [-0.2, -0.15) is 0 Å². The van der Waals surface area contributed by atoms with Crippen LogP contribution in [-0.4, -0.2) is 0 Å². The highest BCUT2D eigenvalue weighted by atomic mass is 14.4. The minimum atomic E-state index is 1.08. The molecule has 2 atom stereocenters. The number of rotatable bonds is 6. The highest BCUT2D eigenvalue weighted by Crippen LogP contribution is 2.45. The summed E-state index contributed by atoms with van der Waals surface area (Å²) in [6, 6.07) is 0. The van der Waals surface area contributed by atoms with Crippen molar-refractivity contribution in [2.75, 3.05) is 0 Å². The molecular weight excluding hydrogens is 264 g/mol. The fourth-order valence-electron chi connectivity index (χ4n) is 3.11. The van der Waals surface area contributed by atoms with E-state index in [0.29, 0.717) is 0 Å². The standard InChI is InChI=1S/C10H18.2C5H12.C2H6/c1-8-6-10(8)7-9-4-2-3-5-9;2*1-3-5-4-2;1-2/h8-10H,2-7H2,1H3;2*3-5H2,1-2H3;1-2H3. The molecule has 0 heteroatoms.